The molecule has 1 nitrogen and oxygen atoms in total. The molecule has 0 bridgehead atoms. The number of hydrogen-bond donors (Lipinski definition) is 0. The largest absolute Gasteiger partial charge is 0.299 e. The van der Waals surface area contributed by atoms with E-state index in [9.17, 15) is 4.79 Å². The van der Waals surface area contributed by atoms with Crippen molar-refractivity contribution in [1.82, 2.24) is 0 Å². The monoisotopic (exact) mass is 274 g/mol. The highest BCUT2D eigenvalue weighted by atomic mass is 127. The van der Waals surface area contributed by atoms with Crippen molar-refractivity contribution in [3.05, 3.63) is 33.4 Å². The Bertz CT molecular complexity index is 294. The minimum Gasteiger partial charge on any atom is -0.299 e. The molecular formula is C10H11IO. The van der Waals surface area contributed by atoms with E-state index in [0.717, 1.165) is 5.56 Å². The first-order valence-electron chi connectivity index (χ1n) is 3.87. The molecule has 0 spiro atoms. The summed E-state index contributed by atoms with van der Waals surface area (Å²) in [6.07, 6.45) is 0. The van der Waals surface area contributed by atoms with Gasteiger partial charge in [-0.1, -0.05) is 19.1 Å². The van der Waals surface area contributed by atoms with Crippen LogP contribution in [0.3, 0.4) is 0 Å². The van der Waals surface area contributed by atoms with Crippen molar-refractivity contribution in [3.8, 4) is 0 Å². The molecule has 0 aromatic heterocycles. The van der Waals surface area contributed by atoms with Gasteiger partial charge in [-0.25, -0.2) is 0 Å². The Balaban J connectivity index is 2.95. The second-order valence-electron chi connectivity index (χ2n) is 2.89. The van der Waals surface area contributed by atoms with Crippen molar-refractivity contribution >= 4 is 28.4 Å². The molecule has 1 atom stereocenters. The van der Waals surface area contributed by atoms with E-state index in [-0.39, 0.29) is 11.7 Å². The highest BCUT2D eigenvalue weighted by Crippen LogP contribution is 2.18. The highest BCUT2D eigenvalue weighted by molar-refractivity contribution is 14.1. The first-order chi connectivity index (χ1) is 5.61. The molecule has 0 saturated heterocycles. The fraction of sp³-hybridized carbons (Fsp3) is 0.300. The fourth-order valence-electron chi connectivity index (χ4n) is 1.01. The summed E-state index contributed by atoms with van der Waals surface area (Å²) >= 11 is 2.25. The van der Waals surface area contributed by atoms with Gasteiger partial charge in [0.25, 0.3) is 0 Å². The normalized spacial score (nSPS) is 12.6. The van der Waals surface area contributed by atoms with Crippen LogP contribution < -0.4 is 0 Å². The molecular weight excluding hydrogens is 263 g/mol. The summed E-state index contributed by atoms with van der Waals surface area (Å²) in [4.78, 5) is 11.1. The number of benzene rings is 1. The number of halogens is 1. The lowest BCUT2D eigenvalue weighted by molar-refractivity contribution is -0.118. The third kappa shape index (κ3) is 2.30. The summed E-state index contributed by atoms with van der Waals surface area (Å²) in [6, 6.07) is 8.05. The summed E-state index contributed by atoms with van der Waals surface area (Å²) in [7, 11) is 0. The molecule has 0 N–H and O–H groups in total. The van der Waals surface area contributed by atoms with Crippen LogP contribution in [0.2, 0.25) is 0 Å². The van der Waals surface area contributed by atoms with E-state index >= 15 is 0 Å². The van der Waals surface area contributed by atoms with Crippen molar-refractivity contribution in [2.75, 3.05) is 0 Å². The molecule has 0 fully saturated rings. The molecule has 0 saturated carbocycles. The zero-order chi connectivity index (χ0) is 9.14. The van der Waals surface area contributed by atoms with Gasteiger partial charge in [0.05, 0.1) is 0 Å². The van der Waals surface area contributed by atoms with Crippen LogP contribution in [-0.4, -0.2) is 5.78 Å². The first-order valence-corrected chi connectivity index (χ1v) is 4.95. The Labute approximate surface area is 86.3 Å². The van der Waals surface area contributed by atoms with Gasteiger partial charge in [-0.3, -0.25) is 4.79 Å². The Morgan fingerprint density at radius 3 is 2.67 bits per heavy atom. The Morgan fingerprint density at radius 1 is 1.50 bits per heavy atom. The predicted octanol–water partition coefficient (Wildman–Crippen LogP) is 2.98. The average molecular weight is 274 g/mol. The maximum atomic E-state index is 11.1. The number of rotatable bonds is 2. The smallest absolute Gasteiger partial charge is 0.136 e. The van der Waals surface area contributed by atoms with Gasteiger partial charge in [0, 0.05) is 9.49 Å². The van der Waals surface area contributed by atoms with Crippen LogP contribution in [0.5, 0.6) is 0 Å². The summed E-state index contributed by atoms with van der Waals surface area (Å²) in [5, 5.41) is 0. The second-order valence-corrected chi connectivity index (χ2v) is 4.13. The van der Waals surface area contributed by atoms with Crippen molar-refractivity contribution in [1.29, 1.82) is 0 Å². The lowest BCUT2D eigenvalue weighted by Gasteiger charge is -2.07. The Kier molecular flexibility index (Phi) is 3.26. The molecule has 0 amide bonds. The van der Waals surface area contributed by atoms with Crippen LogP contribution >= 0.6 is 22.6 Å². The molecule has 64 valence electrons. The third-order valence-corrected chi connectivity index (χ3v) is 2.63. The molecule has 0 aliphatic rings. The average Bonchev–Trinajstić information content (AvgIpc) is 2.03. The van der Waals surface area contributed by atoms with Crippen LogP contribution in [0, 0.1) is 3.57 Å². The van der Waals surface area contributed by atoms with Gasteiger partial charge < -0.3 is 0 Å². The molecule has 0 unspecified atom stereocenters. The zero-order valence-corrected chi connectivity index (χ0v) is 9.33. The fourth-order valence-corrected chi connectivity index (χ4v) is 1.58. The lowest BCUT2D eigenvalue weighted by atomic mass is 9.98. The molecule has 0 aliphatic carbocycles. The molecule has 12 heavy (non-hydrogen) atoms. The molecule has 0 aliphatic heterocycles. The summed E-state index contributed by atoms with van der Waals surface area (Å²) in [6.45, 7) is 3.57. The van der Waals surface area contributed by atoms with Crippen molar-refractivity contribution < 1.29 is 4.79 Å². The van der Waals surface area contributed by atoms with Gasteiger partial charge in [-0.2, -0.15) is 0 Å². The van der Waals surface area contributed by atoms with Gasteiger partial charge in [-0.05, 0) is 47.2 Å². The minimum atomic E-state index is 0.0275. The summed E-state index contributed by atoms with van der Waals surface area (Å²) in [5.74, 6) is 0.247. The molecule has 1 aromatic rings. The summed E-state index contributed by atoms with van der Waals surface area (Å²) < 4.78 is 1.18. The van der Waals surface area contributed by atoms with E-state index in [4.69, 9.17) is 0 Å². The second kappa shape index (κ2) is 4.03. The molecule has 0 heterocycles. The van der Waals surface area contributed by atoms with E-state index in [0.29, 0.717) is 0 Å². The van der Waals surface area contributed by atoms with Crippen LogP contribution in [0.4, 0.5) is 0 Å². The molecule has 1 rings (SSSR count). The van der Waals surface area contributed by atoms with Gasteiger partial charge in [0.15, 0.2) is 0 Å². The van der Waals surface area contributed by atoms with Gasteiger partial charge in [0.2, 0.25) is 0 Å². The minimum absolute atomic E-state index is 0.0275. The Morgan fingerprint density at radius 2 is 2.17 bits per heavy atom. The van der Waals surface area contributed by atoms with Crippen molar-refractivity contribution in [2.45, 2.75) is 19.8 Å². The number of carbonyl (C=O) groups is 1. The van der Waals surface area contributed by atoms with E-state index in [1.165, 1.54) is 3.57 Å². The maximum Gasteiger partial charge on any atom is 0.136 e. The van der Waals surface area contributed by atoms with Crippen molar-refractivity contribution in [2.24, 2.45) is 0 Å². The van der Waals surface area contributed by atoms with Crippen LogP contribution in [0.15, 0.2) is 24.3 Å². The van der Waals surface area contributed by atoms with Gasteiger partial charge >= 0.3 is 0 Å². The number of hydrogen-bond acceptors (Lipinski definition) is 1. The standard InChI is InChI=1S/C10H11IO/c1-7(8(2)12)9-4-3-5-10(11)6-9/h3-7H,1-2H3/t7-/m1/s1. The molecule has 0 radical (unpaired) electrons. The molecule has 2 heteroatoms. The topological polar surface area (TPSA) is 17.1 Å². The van der Waals surface area contributed by atoms with E-state index in [2.05, 4.69) is 22.6 Å². The molecule has 1 aromatic carbocycles. The highest BCUT2D eigenvalue weighted by Gasteiger charge is 2.09. The number of Topliss-reactive ketones (excluding diaryl/α,β-unsaturated/α-hetero) is 1. The van der Waals surface area contributed by atoms with Crippen LogP contribution in [0.1, 0.15) is 25.3 Å². The quantitative estimate of drug-likeness (QED) is 0.758. The van der Waals surface area contributed by atoms with Crippen LogP contribution in [-0.2, 0) is 4.79 Å². The van der Waals surface area contributed by atoms with E-state index in [1.54, 1.807) is 6.92 Å². The van der Waals surface area contributed by atoms with Crippen LogP contribution in [0.25, 0.3) is 0 Å². The predicted molar refractivity (Wildman–Crippen MR) is 58.3 cm³/mol. The number of carbonyl (C=O) groups excluding carboxylic acids is 1. The summed E-state index contributed by atoms with van der Waals surface area (Å²) in [5.41, 5.74) is 1.11. The van der Waals surface area contributed by atoms with E-state index in [1.807, 2.05) is 31.2 Å². The van der Waals surface area contributed by atoms with Gasteiger partial charge in [-0.15, -0.1) is 0 Å². The third-order valence-electron chi connectivity index (χ3n) is 1.96. The lowest BCUT2D eigenvalue weighted by Crippen LogP contribution is -2.03. The van der Waals surface area contributed by atoms with Crippen molar-refractivity contribution in [3.63, 3.8) is 0 Å². The first kappa shape index (κ1) is 9.71. The Hall–Kier alpha value is -0.380. The maximum absolute atomic E-state index is 11.1. The van der Waals surface area contributed by atoms with Gasteiger partial charge in [0.1, 0.15) is 5.78 Å². The van der Waals surface area contributed by atoms with E-state index < -0.39 is 0 Å². The zero-order valence-electron chi connectivity index (χ0n) is 7.17. The number of ketones is 1. The SMILES string of the molecule is CC(=O)[C@@H](C)c1cccc(I)c1.